The monoisotopic (exact) mass is 476 g/mol. The second-order valence-electron chi connectivity index (χ2n) is 7.86. The SMILES string of the molecule is COc1ccc(NCCNC(=O)C(Cc2ccccc2)NC(=O)Nc2ccc3c(c2)OCO3)cc1. The van der Waals surface area contributed by atoms with E-state index >= 15 is 0 Å². The molecule has 1 aliphatic rings. The molecule has 1 aliphatic heterocycles. The first-order valence-corrected chi connectivity index (χ1v) is 11.3. The van der Waals surface area contributed by atoms with E-state index in [4.69, 9.17) is 14.2 Å². The van der Waals surface area contributed by atoms with Crippen molar-refractivity contribution in [2.75, 3.05) is 37.6 Å². The van der Waals surface area contributed by atoms with Gasteiger partial charge in [-0.2, -0.15) is 0 Å². The summed E-state index contributed by atoms with van der Waals surface area (Å²) in [6, 6.07) is 20.9. The van der Waals surface area contributed by atoms with Crippen molar-refractivity contribution in [3.05, 3.63) is 78.4 Å². The highest BCUT2D eigenvalue weighted by Gasteiger charge is 2.22. The molecule has 0 radical (unpaired) electrons. The minimum Gasteiger partial charge on any atom is -0.497 e. The molecule has 4 rings (SSSR count). The minimum absolute atomic E-state index is 0.150. The van der Waals surface area contributed by atoms with E-state index < -0.39 is 12.1 Å². The summed E-state index contributed by atoms with van der Waals surface area (Å²) in [6.07, 6.45) is 0.354. The highest BCUT2D eigenvalue weighted by atomic mass is 16.7. The molecule has 9 heteroatoms. The number of rotatable bonds is 10. The number of benzene rings is 3. The fraction of sp³-hybridized carbons (Fsp3) is 0.231. The number of hydrogen-bond donors (Lipinski definition) is 4. The summed E-state index contributed by atoms with van der Waals surface area (Å²) in [6.45, 7) is 1.07. The predicted molar refractivity (Wildman–Crippen MR) is 133 cm³/mol. The average molecular weight is 477 g/mol. The van der Waals surface area contributed by atoms with Gasteiger partial charge in [0.2, 0.25) is 12.7 Å². The van der Waals surface area contributed by atoms with Crippen molar-refractivity contribution in [2.45, 2.75) is 12.5 Å². The molecule has 4 N–H and O–H groups in total. The van der Waals surface area contributed by atoms with Crippen LogP contribution in [0.4, 0.5) is 16.2 Å². The molecule has 182 valence electrons. The molecule has 1 unspecified atom stereocenters. The average Bonchev–Trinajstić information content (AvgIpc) is 3.35. The summed E-state index contributed by atoms with van der Waals surface area (Å²) in [4.78, 5) is 25.6. The lowest BCUT2D eigenvalue weighted by Crippen LogP contribution is -2.50. The molecule has 0 saturated carbocycles. The molecule has 0 fully saturated rings. The maximum absolute atomic E-state index is 12.9. The highest BCUT2D eigenvalue weighted by Crippen LogP contribution is 2.34. The van der Waals surface area contributed by atoms with Crippen LogP contribution in [0.1, 0.15) is 5.56 Å². The van der Waals surface area contributed by atoms with Gasteiger partial charge in [0.15, 0.2) is 11.5 Å². The summed E-state index contributed by atoms with van der Waals surface area (Å²) in [7, 11) is 1.62. The standard InChI is InChI=1S/C26H28N4O5/c1-33-21-10-7-19(8-11-21)27-13-14-28-25(31)22(15-18-5-3-2-4-6-18)30-26(32)29-20-9-12-23-24(16-20)35-17-34-23/h2-12,16,22,27H,13-15,17H2,1H3,(H,28,31)(H2,29,30,32). The number of carbonyl (C=O) groups is 2. The number of anilines is 2. The second kappa shape index (κ2) is 11.6. The summed E-state index contributed by atoms with van der Waals surface area (Å²) in [5.41, 5.74) is 2.39. The molecule has 0 bridgehead atoms. The molecule has 3 amide bonds. The number of hydrogen-bond acceptors (Lipinski definition) is 6. The van der Waals surface area contributed by atoms with Crippen LogP contribution >= 0.6 is 0 Å². The van der Waals surface area contributed by atoms with Gasteiger partial charge >= 0.3 is 6.03 Å². The summed E-state index contributed by atoms with van der Waals surface area (Å²) >= 11 is 0. The van der Waals surface area contributed by atoms with Crippen LogP contribution in [0.25, 0.3) is 0 Å². The van der Waals surface area contributed by atoms with E-state index in [1.807, 2.05) is 54.6 Å². The maximum atomic E-state index is 12.9. The van der Waals surface area contributed by atoms with Crippen LogP contribution in [0.5, 0.6) is 17.2 Å². The van der Waals surface area contributed by atoms with Crippen LogP contribution in [0.3, 0.4) is 0 Å². The van der Waals surface area contributed by atoms with Crippen LogP contribution in [0.2, 0.25) is 0 Å². The largest absolute Gasteiger partial charge is 0.497 e. The van der Waals surface area contributed by atoms with Crippen LogP contribution < -0.4 is 35.5 Å². The molecule has 0 aliphatic carbocycles. The van der Waals surface area contributed by atoms with Crippen LogP contribution in [0.15, 0.2) is 72.8 Å². The topological polar surface area (TPSA) is 110 Å². The Hall–Kier alpha value is -4.40. The Morgan fingerprint density at radius 2 is 1.66 bits per heavy atom. The Balaban J connectivity index is 1.32. The third-order valence-corrected chi connectivity index (χ3v) is 5.38. The number of nitrogens with one attached hydrogen (secondary N) is 4. The van der Waals surface area contributed by atoms with Crippen LogP contribution in [-0.4, -0.2) is 45.0 Å². The molecule has 35 heavy (non-hydrogen) atoms. The van der Waals surface area contributed by atoms with Crippen molar-refractivity contribution in [2.24, 2.45) is 0 Å². The fourth-order valence-corrected chi connectivity index (χ4v) is 3.58. The van der Waals surface area contributed by atoms with Crippen molar-refractivity contribution in [3.63, 3.8) is 0 Å². The van der Waals surface area contributed by atoms with Gasteiger partial charge in [0.25, 0.3) is 0 Å². The van der Waals surface area contributed by atoms with Crippen molar-refractivity contribution >= 4 is 23.3 Å². The van der Waals surface area contributed by atoms with E-state index in [2.05, 4.69) is 21.3 Å². The van der Waals surface area contributed by atoms with Gasteiger partial charge in [-0.15, -0.1) is 0 Å². The van der Waals surface area contributed by atoms with E-state index in [9.17, 15) is 9.59 Å². The van der Waals surface area contributed by atoms with Crippen molar-refractivity contribution in [1.29, 1.82) is 0 Å². The smallest absolute Gasteiger partial charge is 0.319 e. The zero-order chi connectivity index (χ0) is 24.5. The lowest BCUT2D eigenvalue weighted by molar-refractivity contribution is -0.122. The predicted octanol–water partition coefficient (Wildman–Crippen LogP) is 3.39. The molecular formula is C26H28N4O5. The third kappa shape index (κ3) is 6.80. The fourth-order valence-electron chi connectivity index (χ4n) is 3.58. The minimum atomic E-state index is -0.757. The number of amides is 3. The maximum Gasteiger partial charge on any atom is 0.319 e. The zero-order valence-electron chi connectivity index (χ0n) is 19.4. The molecule has 1 heterocycles. The highest BCUT2D eigenvalue weighted by molar-refractivity contribution is 5.94. The van der Waals surface area contributed by atoms with Crippen molar-refractivity contribution in [1.82, 2.24) is 10.6 Å². The molecular weight excluding hydrogens is 448 g/mol. The van der Waals surface area contributed by atoms with Gasteiger partial charge in [-0.25, -0.2) is 4.79 Å². The molecule has 0 aromatic heterocycles. The normalized spacial score (nSPS) is 12.4. The number of carbonyl (C=O) groups excluding carboxylic acids is 2. The molecule has 1 atom stereocenters. The van der Waals surface area contributed by atoms with Crippen LogP contribution in [-0.2, 0) is 11.2 Å². The Labute approximate surface area is 203 Å². The van der Waals surface area contributed by atoms with Gasteiger partial charge in [-0.05, 0) is 42.0 Å². The molecule has 0 saturated heterocycles. The third-order valence-electron chi connectivity index (χ3n) is 5.38. The summed E-state index contributed by atoms with van der Waals surface area (Å²) < 4.78 is 15.8. The van der Waals surface area contributed by atoms with E-state index in [0.29, 0.717) is 36.7 Å². The zero-order valence-corrected chi connectivity index (χ0v) is 19.4. The Bertz CT molecular complexity index is 1140. The second-order valence-corrected chi connectivity index (χ2v) is 7.86. The van der Waals surface area contributed by atoms with E-state index in [1.54, 1.807) is 25.3 Å². The Morgan fingerprint density at radius 3 is 2.43 bits per heavy atom. The van der Waals surface area contributed by atoms with Crippen molar-refractivity contribution < 1.29 is 23.8 Å². The number of ether oxygens (including phenoxy) is 3. The van der Waals surface area contributed by atoms with Gasteiger partial charge in [-0.1, -0.05) is 30.3 Å². The first kappa shape index (κ1) is 23.7. The lowest BCUT2D eigenvalue weighted by atomic mass is 10.1. The molecule has 9 nitrogen and oxygen atoms in total. The quantitative estimate of drug-likeness (QED) is 0.334. The molecule has 3 aromatic rings. The van der Waals surface area contributed by atoms with Gasteiger partial charge in [0, 0.05) is 37.0 Å². The van der Waals surface area contributed by atoms with Gasteiger partial charge in [-0.3, -0.25) is 4.79 Å². The van der Waals surface area contributed by atoms with E-state index in [1.165, 1.54) is 0 Å². The summed E-state index contributed by atoms with van der Waals surface area (Å²) in [5.74, 6) is 1.69. The number of urea groups is 1. The molecule has 3 aromatic carbocycles. The van der Waals surface area contributed by atoms with Gasteiger partial charge in [0.1, 0.15) is 11.8 Å². The number of fused-ring (bicyclic) bond motifs is 1. The summed E-state index contributed by atoms with van der Waals surface area (Å²) in [5, 5.41) is 11.7. The lowest BCUT2D eigenvalue weighted by Gasteiger charge is -2.19. The Morgan fingerprint density at radius 1 is 0.914 bits per heavy atom. The van der Waals surface area contributed by atoms with Gasteiger partial charge in [0.05, 0.1) is 7.11 Å². The Kier molecular flexibility index (Phi) is 7.90. The van der Waals surface area contributed by atoms with Crippen molar-refractivity contribution in [3.8, 4) is 17.2 Å². The van der Waals surface area contributed by atoms with E-state index in [0.717, 1.165) is 17.0 Å². The first-order chi connectivity index (χ1) is 17.1. The van der Waals surface area contributed by atoms with Gasteiger partial charge < -0.3 is 35.5 Å². The first-order valence-electron chi connectivity index (χ1n) is 11.3. The van der Waals surface area contributed by atoms with E-state index in [-0.39, 0.29) is 12.7 Å². The number of methoxy groups -OCH3 is 1. The van der Waals surface area contributed by atoms with Crippen LogP contribution in [0, 0.1) is 0 Å². The molecule has 0 spiro atoms.